The molecule has 1 aliphatic heterocycles. The predicted molar refractivity (Wildman–Crippen MR) is 234 cm³/mol. The Bertz CT molecular complexity index is 2880. The monoisotopic (exact) mass is 764 g/mol. The summed E-state index contributed by atoms with van der Waals surface area (Å²) < 4.78 is 0. The van der Waals surface area contributed by atoms with Gasteiger partial charge in [-0.3, -0.25) is 0 Å². The van der Waals surface area contributed by atoms with E-state index >= 15 is 0 Å². The average Bonchev–Trinajstić information content (AvgIpc) is 3.29. The topological polar surface area (TPSA) is 77.3 Å². The molecule has 1 aliphatic rings. The van der Waals surface area contributed by atoms with Crippen LogP contribution in [0.2, 0.25) is 0 Å². The maximum absolute atomic E-state index is 5.13. The molecule has 10 rings (SSSR count). The Morgan fingerprint density at radius 2 is 0.655 bits per heavy atom. The molecule has 0 fully saturated rings. The van der Waals surface area contributed by atoms with E-state index in [1.165, 1.54) is 20.9 Å². The van der Waals surface area contributed by atoms with Crippen molar-refractivity contribution in [2.75, 3.05) is 0 Å². The van der Waals surface area contributed by atoms with E-state index in [4.69, 9.17) is 29.9 Å². The molecule has 0 atom stereocenters. The van der Waals surface area contributed by atoms with Gasteiger partial charge in [-0.1, -0.05) is 189 Å². The summed E-state index contributed by atoms with van der Waals surface area (Å²) in [4.78, 5) is 32.4. The van der Waals surface area contributed by atoms with Crippen LogP contribution in [-0.2, 0) is 5.41 Å². The minimum atomic E-state index is -0.116. The Morgan fingerprint density at radius 3 is 1.19 bits per heavy atom. The van der Waals surface area contributed by atoms with Crippen LogP contribution in [0.3, 0.4) is 0 Å². The van der Waals surface area contributed by atoms with E-state index in [1.54, 1.807) is 0 Å². The van der Waals surface area contributed by atoms with Crippen LogP contribution in [0.25, 0.3) is 79.5 Å². The molecule has 0 N–H and O–H groups in total. The molecule has 276 valence electrons. The van der Waals surface area contributed by atoms with Crippen molar-refractivity contribution in [1.82, 2.24) is 29.9 Å². The van der Waals surface area contributed by atoms with Gasteiger partial charge < -0.3 is 0 Å². The lowest BCUT2D eigenvalue weighted by Crippen LogP contribution is -2.23. The first-order chi connectivity index (χ1) is 28.5. The molecule has 0 saturated heterocycles. The van der Waals surface area contributed by atoms with E-state index in [9.17, 15) is 0 Å². The molecule has 7 heteroatoms. The first kappa shape index (κ1) is 35.3. The van der Waals surface area contributed by atoms with Crippen molar-refractivity contribution in [2.24, 2.45) is 0 Å². The molecule has 0 amide bonds. The molecular weight excluding hydrogens is 729 g/mol. The summed E-state index contributed by atoms with van der Waals surface area (Å²) in [5, 5.41) is 0. The van der Waals surface area contributed by atoms with Crippen molar-refractivity contribution < 1.29 is 0 Å². The highest BCUT2D eigenvalue weighted by atomic mass is 32.2. The van der Waals surface area contributed by atoms with E-state index in [2.05, 4.69) is 105 Å². The van der Waals surface area contributed by atoms with Crippen molar-refractivity contribution in [3.8, 4) is 79.5 Å². The molecule has 7 aromatic carbocycles. The third kappa shape index (κ3) is 6.76. The quantitative estimate of drug-likeness (QED) is 0.160. The molecule has 0 aliphatic carbocycles. The molecule has 2 aromatic heterocycles. The Hall–Kier alpha value is -7.09. The minimum absolute atomic E-state index is 0.116. The lowest BCUT2D eigenvalue weighted by Gasteiger charge is -2.34. The normalized spacial score (nSPS) is 12.7. The fourth-order valence-electron chi connectivity index (χ4n) is 7.54. The summed E-state index contributed by atoms with van der Waals surface area (Å²) in [6.07, 6.45) is 0. The van der Waals surface area contributed by atoms with Crippen molar-refractivity contribution >= 4 is 11.8 Å². The summed E-state index contributed by atoms with van der Waals surface area (Å²) in [5.41, 5.74) is 10.2. The largest absolute Gasteiger partial charge is 0.208 e. The van der Waals surface area contributed by atoms with Gasteiger partial charge >= 0.3 is 0 Å². The van der Waals surface area contributed by atoms with E-state index < -0.39 is 0 Å². The molecule has 0 unspecified atom stereocenters. The van der Waals surface area contributed by atoms with Gasteiger partial charge in [-0.05, 0) is 40.5 Å². The van der Waals surface area contributed by atoms with Crippen LogP contribution in [0.1, 0.15) is 25.0 Å². The first-order valence-electron chi connectivity index (χ1n) is 19.3. The molecule has 0 radical (unpaired) electrons. The van der Waals surface area contributed by atoms with Crippen LogP contribution in [0.4, 0.5) is 0 Å². The zero-order chi connectivity index (χ0) is 39.1. The summed E-state index contributed by atoms with van der Waals surface area (Å²) in [7, 11) is 0. The molecule has 9 aromatic rings. The van der Waals surface area contributed by atoms with Crippen molar-refractivity contribution in [3.05, 3.63) is 193 Å². The van der Waals surface area contributed by atoms with Crippen LogP contribution in [-0.4, -0.2) is 29.9 Å². The van der Waals surface area contributed by atoms with E-state index in [0.29, 0.717) is 34.9 Å². The number of hydrogen-bond donors (Lipinski definition) is 0. The number of hydrogen-bond acceptors (Lipinski definition) is 7. The highest BCUT2D eigenvalue weighted by Gasteiger charge is 2.33. The highest BCUT2D eigenvalue weighted by molar-refractivity contribution is 7.99. The highest BCUT2D eigenvalue weighted by Crippen LogP contribution is 2.49. The number of aromatic nitrogens is 6. The molecular formula is C51H36N6S. The van der Waals surface area contributed by atoms with Gasteiger partial charge in [0.2, 0.25) is 0 Å². The molecule has 0 spiro atoms. The lowest BCUT2D eigenvalue weighted by atomic mass is 9.77. The summed E-state index contributed by atoms with van der Waals surface area (Å²) in [5.74, 6) is 3.78. The number of nitrogens with zero attached hydrogens (tertiary/aromatic N) is 6. The van der Waals surface area contributed by atoms with Crippen molar-refractivity contribution in [2.45, 2.75) is 29.1 Å². The fraction of sp³-hybridized carbons (Fsp3) is 0.0588. The number of benzene rings is 7. The van der Waals surface area contributed by atoms with Gasteiger partial charge in [-0.25, -0.2) is 29.9 Å². The zero-order valence-electron chi connectivity index (χ0n) is 31.9. The summed E-state index contributed by atoms with van der Waals surface area (Å²) in [6.45, 7) is 4.60. The van der Waals surface area contributed by atoms with Gasteiger partial charge in [0.05, 0.1) is 0 Å². The Balaban J connectivity index is 1.01. The van der Waals surface area contributed by atoms with Crippen molar-refractivity contribution in [1.29, 1.82) is 0 Å². The zero-order valence-corrected chi connectivity index (χ0v) is 32.7. The molecule has 0 saturated carbocycles. The molecule has 58 heavy (non-hydrogen) atoms. The van der Waals surface area contributed by atoms with E-state index in [0.717, 1.165) is 44.5 Å². The molecule has 3 heterocycles. The van der Waals surface area contributed by atoms with Crippen LogP contribution in [0.15, 0.2) is 192 Å². The van der Waals surface area contributed by atoms with Crippen LogP contribution in [0.5, 0.6) is 0 Å². The molecule has 6 nitrogen and oxygen atoms in total. The number of rotatable bonds is 7. The fourth-order valence-corrected chi connectivity index (χ4v) is 8.97. The SMILES string of the molecule is CC1(C)c2ccccc2Sc2cc(-c3nc(-c4ccccc4)nc(-c4cccc(-c5ccc(-c6nc(-c7ccccc7)nc(-c7ccccc7)n6)cc5)c4)n3)ccc21. The Labute approximate surface area is 341 Å². The average molecular weight is 765 g/mol. The third-order valence-electron chi connectivity index (χ3n) is 10.7. The predicted octanol–water partition coefficient (Wildman–Crippen LogP) is 12.5. The first-order valence-corrected chi connectivity index (χ1v) is 20.1. The lowest BCUT2D eigenvalue weighted by molar-refractivity contribution is 0.607. The second kappa shape index (κ2) is 14.8. The Morgan fingerprint density at radius 1 is 0.293 bits per heavy atom. The van der Waals surface area contributed by atoms with Crippen molar-refractivity contribution in [3.63, 3.8) is 0 Å². The summed E-state index contributed by atoms with van der Waals surface area (Å²) >= 11 is 1.81. The van der Waals surface area contributed by atoms with Gasteiger partial charge in [0, 0.05) is 48.6 Å². The minimum Gasteiger partial charge on any atom is -0.208 e. The van der Waals surface area contributed by atoms with Crippen LogP contribution in [0, 0.1) is 0 Å². The molecule has 0 bridgehead atoms. The van der Waals surface area contributed by atoms with E-state index in [-0.39, 0.29) is 5.41 Å². The van der Waals surface area contributed by atoms with Gasteiger partial charge in [0.15, 0.2) is 34.9 Å². The number of fused-ring (bicyclic) bond motifs is 2. The summed E-state index contributed by atoms with van der Waals surface area (Å²) in [6, 6.07) is 62.3. The Kier molecular flexibility index (Phi) is 9.00. The smallest absolute Gasteiger partial charge is 0.164 e. The van der Waals surface area contributed by atoms with Gasteiger partial charge in [-0.15, -0.1) is 0 Å². The third-order valence-corrected chi connectivity index (χ3v) is 11.8. The van der Waals surface area contributed by atoms with Crippen LogP contribution < -0.4 is 0 Å². The van der Waals surface area contributed by atoms with Gasteiger partial charge in [0.25, 0.3) is 0 Å². The maximum atomic E-state index is 5.13. The maximum Gasteiger partial charge on any atom is 0.164 e. The second-order valence-electron chi connectivity index (χ2n) is 14.8. The standard InChI is InChI=1S/C51H36N6S/c1-51(2)41-23-12-13-24-43(41)58-44-32-40(29-30-42(44)51)50-56-47(36-19-10-5-11-20-36)55-49(57-50)39-22-14-21-38(31-39)33-25-27-37(28-26-33)48-53-45(34-15-6-3-7-16-34)52-46(54-48)35-17-8-4-9-18-35/h3-32H,1-2H3. The second-order valence-corrected chi connectivity index (χ2v) is 15.9. The van der Waals surface area contributed by atoms with E-state index in [1.807, 2.05) is 103 Å². The van der Waals surface area contributed by atoms with Crippen LogP contribution >= 0.6 is 11.8 Å². The van der Waals surface area contributed by atoms with Gasteiger partial charge in [0.1, 0.15) is 0 Å². The van der Waals surface area contributed by atoms with Gasteiger partial charge in [-0.2, -0.15) is 0 Å².